The number of rotatable bonds is 5. The van der Waals surface area contributed by atoms with E-state index in [0.717, 1.165) is 60.1 Å². The van der Waals surface area contributed by atoms with Gasteiger partial charge >= 0.3 is 0 Å². The van der Waals surface area contributed by atoms with Crippen molar-refractivity contribution in [3.8, 4) is 11.5 Å². The lowest BCUT2D eigenvalue weighted by Gasteiger charge is -2.37. The lowest BCUT2D eigenvalue weighted by molar-refractivity contribution is 0.355. The fourth-order valence-electron chi connectivity index (χ4n) is 4.16. The quantitative estimate of drug-likeness (QED) is 0.652. The maximum absolute atomic E-state index is 6.19. The summed E-state index contributed by atoms with van der Waals surface area (Å²) in [6.07, 6.45) is 2.33. The Morgan fingerprint density at radius 3 is 2.23 bits per heavy atom. The predicted octanol–water partition coefficient (Wildman–Crippen LogP) is 3.43. The highest BCUT2D eigenvalue weighted by atomic mass is 16.5. The van der Waals surface area contributed by atoms with Crippen molar-refractivity contribution in [3.63, 3.8) is 0 Å². The Kier molecular flexibility index (Phi) is 4.73. The van der Waals surface area contributed by atoms with Crippen LogP contribution in [0.5, 0.6) is 11.5 Å². The van der Waals surface area contributed by atoms with Gasteiger partial charge < -0.3 is 25.0 Å². The van der Waals surface area contributed by atoms with Gasteiger partial charge in [0.05, 0.1) is 31.1 Å². The number of methoxy groups -OCH3 is 2. The Balaban J connectivity index is 1.49. The van der Waals surface area contributed by atoms with Crippen LogP contribution >= 0.6 is 0 Å². The Bertz CT molecular complexity index is 1070. The van der Waals surface area contributed by atoms with Crippen molar-refractivity contribution >= 4 is 28.1 Å². The standard InChI is InChI=1S/C23H27N5O2/c1-29-20-13-16-18(14-21(20)30-2)25-22(15-7-8-15)26-23(16)28-11-9-27(10-12-28)19-6-4-3-5-17(19)24/h3-6,13-15H,7-12,24H2,1-2H3. The number of benzene rings is 2. The average Bonchev–Trinajstić information content (AvgIpc) is 3.63. The molecule has 1 aliphatic carbocycles. The van der Waals surface area contributed by atoms with Gasteiger partial charge in [-0.2, -0.15) is 0 Å². The van der Waals surface area contributed by atoms with Crippen molar-refractivity contribution in [2.75, 3.05) is 55.9 Å². The number of nitrogens with two attached hydrogens (primary N) is 1. The number of nitrogens with zero attached hydrogens (tertiary/aromatic N) is 4. The van der Waals surface area contributed by atoms with Crippen LogP contribution in [0.2, 0.25) is 0 Å². The molecule has 2 heterocycles. The molecule has 1 aromatic heterocycles. The predicted molar refractivity (Wildman–Crippen MR) is 120 cm³/mol. The van der Waals surface area contributed by atoms with Crippen molar-refractivity contribution in [1.29, 1.82) is 0 Å². The monoisotopic (exact) mass is 405 g/mol. The molecule has 7 heteroatoms. The minimum atomic E-state index is 0.478. The van der Waals surface area contributed by atoms with Gasteiger partial charge in [0, 0.05) is 43.5 Å². The Hall–Kier alpha value is -3.22. The maximum atomic E-state index is 6.19. The van der Waals surface area contributed by atoms with Crippen LogP contribution in [0.1, 0.15) is 24.6 Å². The molecule has 156 valence electrons. The highest BCUT2D eigenvalue weighted by Gasteiger charge is 2.30. The molecule has 5 rings (SSSR count). The first-order valence-electron chi connectivity index (χ1n) is 10.5. The highest BCUT2D eigenvalue weighted by molar-refractivity contribution is 5.92. The van der Waals surface area contributed by atoms with Gasteiger partial charge in [-0.15, -0.1) is 0 Å². The number of piperazine rings is 1. The van der Waals surface area contributed by atoms with E-state index >= 15 is 0 Å². The molecule has 0 bridgehead atoms. The number of hydrogen-bond donors (Lipinski definition) is 1. The summed E-state index contributed by atoms with van der Waals surface area (Å²) in [7, 11) is 3.31. The van der Waals surface area contributed by atoms with Crippen LogP contribution in [0.3, 0.4) is 0 Å². The van der Waals surface area contributed by atoms with Crippen LogP contribution in [0, 0.1) is 0 Å². The van der Waals surface area contributed by atoms with Crippen molar-refractivity contribution in [2.45, 2.75) is 18.8 Å². The molecule has 0 radical (unpaired) electrons. The average molecular weight is 406 g/mol. The van der Waals surface area contributed by atoms with Crippen LogP contribution in [-0.4, -0.2) is 50.4 Å². The van der Waals surface area contributed by atoms with E-state index in [9.17, 15) is 0 Å². The molecule has 1 saturated heterocycles. The van der Waals surface area contributed by atoms with E-state index in [0.29, 0.717) is 17.4 Å². The Morgan fingerprint density at radius 2 is 1.57 bits per heavy atom. The molecule has 2 N–H and O–H groups in total. The summed E-state index contributed by atoms with van der Waals surface area (Å²) in [5.41, 5.74) is 9.03. The first-order valence-corrected chi connectivity index (χ1v) is 10.5. The molecule has 1 saturated carbocycles. The molecular weight excluding hydrogens is 378 g/mol. The number of aromatic nitrogens is 2. The number of anilines is 3. The molecule has 1 aliphatic heterocycles. The largest absolute Gasteiger partial charge is 0.493 e. The molecular formula is C23H27N5O2. The normalized spacial score (nSPS) is 16.7. The SMILES string of the molecule is COc1cc2nc(C3CC3)nc(N3CCN(c4ccccc4N)CC3)c2cc1OC. The lowest BCUT2D eigenvalue weighted by atomic mass is 10.1. The molecule has 30 heavy (non-hydrogen) atoms. The third-order valence-corrected chi connectivity index (χ3v) is 6.00. The molecule has 2 fully saturated rings. The molecule has 3 aromatic rings. The number of hydrogen-bond acceptors (Lipinski definition) is 7. The summed E-state index contributed by atoms with van der Waals surface area (Å²) < 4.78 is 11.0. The van der Waals surface area contributed by atoms with E-state index < -0.39 is 0 Å². The molecule has 2 aliphatic rings. The topological polar surface area (TPSA) is 76.7 Å². The van der Waals surface area contributed by atoms with E-state index in [4.69, 9.17) is 25.2 Å². The molecule has 0 spiro atoms. The molecule has 2 aromatic carbocycles. The summed E-state index contributed by atoms with van der Waals surface area (Å²) in [6, 6.07) is 12.0. The molecule has 0 atom stereocenters. The van der Waals surface area contributed by atoms with Crippen molar-refractivity contribution in [3.05, 3.63) is 42.2 Å². The fraction of sp³-hybridized carbons (Fsp3) is 0.391. The van der Waals surface area contributed by atoms with Crippen LogP contribution in [0.25, 0.3) is 10.9 Å². The van der Waals surface area contributed by atoms with Crippen LogP contribution in [-0.2, 0) is 0 Å². The number of nitrogen functional groups attached to an aromatic ring is 1. The van der Waals surface area contributed by atoms with Gasteiger partial charge in [0.25, 0.3) is 0 Å². The van der Waals surface area contributed by atoms with Gasteiger partial charge in [0.2, 0.25) is 0 Å². The zero-order valence-electron chi connectivity index (χ0n) is 17.5. The van der Waals surface area contributed by atoms with Gasteiger partial charge in [0.1, 0.15) is 11.6 Å². The van der Waals surface area contributed by atoms with Crippen LogP contribution in [0.4, 0.5) is 17.2 Å². The van der Waals surface area contributed by atoms with E-state index in [1.807, 2.05) is 30.3 Å². The minimum Gasteiger partial charge on any atom is -0.493 e. The summed E-state index contributed by atoms with van der Waals surface area (Å²) in [6.45, 7) is 3.54. The van der Waals surface area contributed by atoms with Gasteiger partial charge in [0.15, 0.2) is 11.5 Å². The van der Waals surface area contributed by atoms with E-state index in [2.05, 4.69) is 15.9 Å². The lowest BCUT2D eigenvalue weighted by Crippen LogP contribution is -2.47. The van der Waals surface area contributed by atoms with E-state index in [-0.39, 0.29) is 0 Å². The first-order chi connectivity index (χ1) is 14.7. The van der Waals surface area contributed by atoms with E-state index in [1.54, 1.807) is 14.2 Å². The zero-order valence-corrected chi connectivity index (χ0v) is 17.5. The molecule has 7 nitrogen and oxygen atoms in total. The van der Waals surface area contributed by atoms with Crippen LogP contribution in [0.15, 0.2) is 36.4 Å². The number of fused-ring (bicyclic) bond motifs is 1. The van der Waals surface area contributed by atoms with Gasteiger partial charge in [-0.3, -0.25) is 0 Å². The van der Waals surface area contributed by atoms with Crippen molar-refractivity contribution < 1.29 is 9.47 Å². The van der Waals surface area contributed by atoms with E-state index in [1.165, 1.54) is 12.8 Å². The Labute approximate surface area is 176 Å². The smallest absolute Gasteiger partial charge is 0.162 e. The van der Waals surface area contributed by atoms with Gasteiger partial charge in [-0.1, -0.05) is 12.1 Å². The second-order valence-electron chi connectivity index (χ2n) is 7.94. The molecule has 0 amide bonds. The van der Waals surface area contributed by atoms with Crippen LogP contribution < -0.4 is 25.0 Å². The van der Waals surface area contributed by atoms with Crippen molar-refractivity contribution in [2.24, 2.45) is 0 Å². The number of ether oxygens (including phenoxy) is 2. The van der Waals surface area contributed by atoms with Crippen molar-refractivity contribution in [1.82, 2.24) is 9.97 Å². The third-order valence-electron chi connectivity index (χ3n) is 6.00. The first kappa shape index (κ1) is 18.8. The summed E-state index contributed by atoms with van der Waals surface area (Å²) in [5.74, 6) is 3.81. The number of para-hydroxylation sites is 2. The molecule has 0 unspecified atom stereocenters. The zero-order chi connectivity index (χ0) is 20.7. The van der Waals surface area contributed by atoms with Gasteiger partial charge in [-0.05, 0) is 31.0 Å². The summed E-state index contributed by atoms with van der Waals surface area (Å²) in [4.78, 5) is 14.6. The second-order valence-corrected chi connectivity index (χ2v) is 7.94. The highest BCUT2D eigenvalue weighted by Crippen LogP contribution is 2.42. The Morgan fingerprint density at radius 1 is 0.900 bits per heavy atom. The van der Waals surface area contributed by atoms with Gasteiger partial charge in [-0.25, -0.2) is 9.97 Å². The summed E-state index contributed by atoms with van der Waals surface area (Å²) in [5, 5.41) is 1.00. The minimum absolute atomic E-state index is 0.478. The second kappa shape index (κ2) is 7.55. The fourth-order valence-corrected chi connectivity index (χ4v) is 4.16. The maximum Gasteiger partial charge on any atom is 0.162 e. The summed E-state index contributed by atoms with van der Waals surface area (Å²) >= 11 is 0. The third kappa shape index (κ3) is 3.34.